The average Bonchev–Trinajstić information content (AvgIpc) is 2.36. The van der Waals surface area contributed by atoms with E-state index in [0.29, 0.717) is 13.2 Å². The summed E-state index contributed by atoms with van der Waals surface area (Å²) >= 11 is 0. The van der Waals surface area contributed by atoms with E-state index < -0.39 is 10.0 Å². The Morgan fingerprint density at radius 3 is 2.40 bits per heavy atom. The van der Waals surface area contributed by atoms with Crippen molar-refractivity contribution in [2.24, 2.45) is 0 Å². The van der Waals surface area contributed by atoms with Gasteiger partial charge in [0.25, 0.3) is 0 Å². The minimum Gasteiger partial charge on any atom is -0.383 e. The van der Waals surface area contributed by atoms with Gasteiger partial charge in [-0.25, -0.2) is 13.1 Å². The number of rotatable bonds is 7. The molecule has 0 heterocycles. The second-order valence-corrected chi connectivity index (χ2v) is 6.25. The van der Waals surface area contributed by atoms with Crippen LogP contribution in [0.4, 0.5) is 0 Å². The molecule has 1 unspecified atom stereocenters. The number of methoxy groups -OCH3 is 1. The van der Waals surface area contributed by atoms with E-state index >= 15 is 0 Å². The normalized spacial score (nSPS) is 12.9. The molecule has 0 aliphatic rings. The molecule has 0 fully saturated rings. The van der Waals surface area contributed by atoms with Crippen molar-refractivity contribution in [3.05, 3.63) is 29.8 Å². The Labute approximate surface area is 119 Å². The molecule has 2 N–H and O–H groups in total. The van der Waals surface area contributed by atoms with E-state index in [9.17, 15) is 13.2 Å². The summed E-state index contributed by atoms with van der Waals surface area (Å²) in [6.45, 7) is 3.84. The fourth-order valence-electron chi connectivity index (χ4n) is 1.63. The number of benzene rings is 1. The van der Waals surface area contributed by atoms with Crippen molar-refractivity contribution in [1.82, 2.24) is 10.0 Å². The van der Waals surface area contributed by atoms with Crippen LogP contribution in [0.2, 0.25) is 0 Å². The summed E-state index contributed by atoms with van der Waals surface area (Å²) in [5.41, 5.74) is 0.837. The van der Waals surface area contributed by atoms with E-state index in [0.717, 1.165) is 5.56 Å². The number of amides is 1. The number of nitrogens with one attached hydrogen (secondary N) is 2. The van der Waals surface area contributed by atoms with Gasteiger partial charge in [-0.1, -0.05) is 12.1 Å². The van der Waals surface area contributed by atoms with Gasteiger partial charge >= 0.3 is 0 Å². The second-order valence-electron chi connectivity index (χ2n) is 4.53. The van der Waals surface area contributed by atoms with Crippen LogP contribution in [-0.4, -0.2) is 34.1 Å². The Hall–Kier alpha value is -1.44. The molecule has 1 rings (SSSR count). The van der Waals surface area contributed by atoms with E-state index in [1.807, 2.05) is 0 Å². The Morgan fingerprint density at radius 1 is 1.30 bits per heavy atom. The molecular weight excluding hydrogens is 280 g/mol. The smallest absolute Gasteiger partial charge is 0.240 e. The van der Waals surface area contributed by atoms with Gasteiger partial charge in [0.05, 0.1) is 11.5 Å². The molecule has 6 nitrogen and oxygen atoms in total. The van der Waals surface area contributed by atoms with Crippen LogP contribution in [-0.2, 0) is 26.1 Å². The zero-order chi connectivity index (χ0) is 15.2. The van der Waals surface area contributed by atoms with Gasteiger partial charge in [0, 0.05) is 26.6 Å². The molecule has 7 heteroatoms. The third-order valence-corrected chi connectivity index (χ3v) is 4.15. The number of carbonyl (C=O) groups excluding carboxylic acids is 1. The van der Waals surface area contributed by atoms with E-state index in [1.54, 1.807) is 19.1 Å². The molecule has 1 aromatic rings. The third-order valence-electron chi connectivity index (χ3n) is 2.55. The number of hydrogen-bond acceptors (Lipinski definition) is 4. The summed E-state index contributed by atoms with van der Waals surface area (Å²) in [5.74, 6) is -0.128. The first kappa shape index (κ1) is 16.6. The molecule has 0 aromatic heterocycles. The summed E-state index contributed by atoms with van der Waals surface area (Å²) in [5, 5.41) is 2.65. The van der Waals surface area contributed by atoms with Crippen molar-refractivity contribution < 1.29 is 17.9 Å². The maximum Gasteiger partial charge on any atom is 0.240 e. The number of sulfonamides is 1. The molecule has 0 saturated heterocycles. The summed E-state index contributed by atoms with van der Waals surface area (Å²) in [4.78, 5) is 11.0. The molecule has 20 heavy (non-hydrogen) atoms. The highest BCUT2D eigenvalue weighted by Crippen LogP contribution is 2.11. The predicted octanol–water partition coefficient (Wildman–Crippen LogP) is 0.636. The monoisotopic (exact) mass is 300 g/mol. The van der Waals surface area contributed by atoms with Crippen LogP contribution in [0.15, 0.2) is 29.2 Å². The largest absolute Gasteiger partial charge is 0.383 e. The molecule has 1 amide bonds. The second kappa shape index (κ2) is 7.37. The van der Waals surface area contributed by atoms with E-state index in [1.165, 1.54) is 26.2 Å². The highest BCUT2D eigenvalue weighted by molar-refractivity contribution is 7.89. The third kappa shape index (κ3) is 5.28. The molecule has 0 aliphatic carbocycles. The lowest BCUT2D eigenvalue weighted by atomic mass is 10.2. The van der Waals surface area contributed by atoms with Crippen LogP contribution in [0.5, 0.6) is 0 Å². The van der Waals surface area contributed by atoms with Crippen molar-refractivity contribution in [3.63, 3.8) is 0 Å². The Morgan fingerprint density at radius 2 is 1.90 bits per heavy atom. The van der Waals surface area contributed by atoms with Gasteiger partial charge in [-0.3, -0.25) is 4.79 Å². The number of ether oxygens (including phenoxy) is 1. The Balaban J connectivity index is 2.74. The summed E-state index contributed by atoms with van der Waals surface area (Å²) in [6, 6.07) is 6.07. The van der Waals surface area contributed by atoms with Gasteiger partial charge in [0.15, 0.2) is 0 Å². The molecule has 0 aliphatic heterocycles. The van der Waals surface area contributed by atoms with Gasteiger partial charge in [-0.15, -0.1) is 0 Å². The number of hydrogen-bond donors (Lipinski definition) is 2. The van der Waals surface area contributed by atoms with Crippen molar-refractivity contribution in [2.45, 2.75) is 31.3 Å². The quantitative estimate of drug-likeness (QED) is 0.774. The lowest BCUT2D eigenvalue weighted by Crippen LogP contribution is -2.35. The highest BCUT2D eigenvalue weighted by Gasteiger charge is 2.16. The van der Waals surface area contributed by atoms with Crippen LogP contribution < -0.4 is 10.0 Å². The average molecular weight is 300 g/mol. The summed E-state index contributed by atoms with van der Waals surface area (Å²) in [6.07, 6.45) is 0. The Kier molecular flexibility index (Phi) is 6.12. The molecule has 112 valence electrons. The molecule has 1 aromatic carbocycles. The van der Waals surface area contributed by atoms with Crippen molar-refractivity contribution >= 4 is 15.9 Å². The van der Waals surface area contributed by atoms with Crippen LogP contribution in [0.1, 0.15) is 19.4 Å². The molecule has 0 spiro atoms. The molecule has 0 radical (unpaired) electrons. The minimum absolute atomic E-state index is 0.128. The lowest BCUT2D eigenvalue weighted by molar-refractivity contribution is -0.119. The minimum atomic E-state index is -3.55. The summed E-state index contributed by atoms with van der Waals surface area (Å²) in [7, 11) is -2.03. The first-order valence-corrected chi connectivity index (χ1v) is 7.68. The first-order valence-electron chi connectivity index (χ1n) is 6.20. The molecule has 1 atom stereocenters. The van der Waals surface area contributed by atoms with Gasteiger partial charge in [-0.05, 0) is 24.6 Å². The fraction of sp³-hybridized carbons (Fsp3) is 0.462. The van der Waals surface area contributed by atoms with Gasteiger partial charge < -0.3 is 10.1 Å². The topological polar surface area (TPSA) is 84.5 Å². The van der Waals surface area contributed by atoms with Crippen LogP contribution in [0.3, 0.4) is 0 Å². The van der Waals surface area contributed by atoms with Gasteiger partial charge in [-0.2, -0.15) is 0 Å². The lowest BCUT2D eigenvalue weighted by Gasteiger charge is -2.13. The highest BCUT2D eigenvalue weighted by atomic mass is 32.2. The molecule has 0 bridgehead atoms. The van der Waals surface area contributed by atoms with Gasteiger partial charge in [0.1, 0.15) is 0 Å². The maximum atomic E-state index is 12.1. The van der Waals surface area contributed by atoms with E-state index in [-0.39, 0.29) is 16.8 Å². The molecular formula is C13H20N2O4S. The van der Waals surface area contributed by atoms with Crippen molar-refractivity contribution in [2.75, 3.05) is 13.7 Å². The zero-order valence-electron chi connectivity index (χ0n) is 11.8. The van der Waals surface area contributed by atoms with Gasteiger partial charge in [0.2, 0.25) is 15.9 Å². The fourth-order valence-corrected chi connectivity index (χ4v) is 2.86. The predicted molar refractivity (Wildman–Crippen MR) is 75.6 cm³/mol. The Bertz CT molecular complexity index is 540. The van der Waals surface area contributed by atoms with Crippen LogP contribution >= 0.6 is 0 Å². The zero-order valence-corrected chi connectivity index (χ0v) is 12.7. The SMILES string of the molecule is COCC(C)NS(=O)(=O)c1ccc(CNC(C)=O)cc1. The summed E-state index contributed by atoms with van der Waals surface area (Å²) < 4.78 is 31.5. The van der Waals surface area contributed by atoms with Crippen LogP contribution in [0, 0.1) is 0 Å². The van der Waals surface area contributed by atoms with Crippen molar-refractivity contribution in [3.8, 4) is 0 Å². The maximum absolute atomic E-state index is 12.1. The van der Waals surface area contributed by atoms with Crippen LogP contribution in [0.25, 0.3) is 0 Å². The number of carbonyl (C=O) groups is 1. The molecule has 0 saturated carbocycles. The van der Waals surface area contributed by atoms with Crippen molar-refractivity contribution in [1.29, 1.82) is 0 Å². The first-order chi connectivity index (χ1) is 9.35. The van der Waals surface area contributed by atoms with E-state index in [4.69, 9.17) is 4.74 Å². The standard InChI is InChI=1S/C13H20N2O4S/c1-10(9-19-3)15-20(17,18)13-6-4-12(5-7-13)8-14-11(2)16/h4-7,10,15H,8-9H2,1-3H3,(H,14,16). The van der Waals surface area contributed by atoms with E-state index in [2.05, 4.69) is 10.0 Å².